The second-order valence-corrected chi connectivity index (χ2v) is 3.59. The molecular weight excluding hydrogens is 204 g/mol. The van der Waals surface area contributed by atoms with Gasteiger partial charge in [-0.05, 0) is 41.1 Å². The molecule has 1 aromatic heterocycles. The van der Waals surface area contributed by atoms with E-state index >= 15 is 0 Å². The molecule has 1 aromatic carbocycles. The summed E-state index contributed by atoms with van der Waals surface area (Å²) in [7, 11) is 0. The number of benzene rings is 1. The minimum atomic E-state index is 0.556. The van der Waals surface area contributed by atoms with Crippen LogP contribution in [0.3, 0.4) is 0 Å². The Kier molecular flexibility index (Phi) is 3.37. The molecule has 0 aliphatic heterocycles. The van der Waals surface area contributed by atoms with Gasteiger partial charge in [0.05, 0.1) is 0 Å². The summed E-state index contributed by atoms with van der Waals surface area (Å²) in [6, 6.07) is 11.8. The lowest BCUT2D eigenvalue weighted by molar-refractivity contribution is 1.13. The first-order chi connectivity index (χ1) is 7.45. The first-order valence-electron chi connectivity index (χ1n) is 4.45. The van der Waals surface area contributed by atoms with Gasteiger partial charge in [-0.15, -0.1) is 0 Å². The van der Waals surface area contributed by atoms with E-state index in [-0.39, 0.29) is 0 Å². The minimum Gasteiger partial charge on any atom is -0.229 e. The Bertz CT molecular complexity index is 471. The highest BCUT2D eigenvalue weighted by Crippen LogP contribution is 2.14. The van der Waals surface area contributed by atoms with Crippen molar-refractivity contribution < 1.29 is 0 Å². The lowest BCUT2D eigenvalue weighted by Gasteiger charge is -1.90. The van der Waals surface area contributed by atoms with Gasteiger partial charge in [0.25, 0.3) is 0 Å². The number of nitrogens with zero attached hydrogens (tertiary/aromatic N) is 2. The third-order valence-electron chi connectivity index (χ3n) is 1.64. The van der Waals surface area contributed by atoms with Crippen LogP contribution in [0.25, 0.3) is 0 Å². The van der Waals surface area contributed by atoms with Crippen molar-refractivity contribution in [3.63, 3.8) is 0 Å². The predicted molar refractivity (Wildman–Crippen MR) is 61.2 cm³/mol. The summed E-state index contributed by atoms with van der Waals surface area (Å²) in [6.45, 7) is 0. The van der Waals surface area contributed by atoms with E-state index < -0.39 is 0 Å². The van der Waals surface area contributed by atoms with Crippen molar-refractivity contribution in [1.82, 2.24) is 9.97 Å². The molecule has 2 rings (SSSR count). The number of hydrogen-bond donors (Lipinski definition) is 0. The second kappa shape index (κ2) is 5.18. The molecule has 0 unspecified atom stereocenters. The van der Waals surface area contributed by atoms with Crippen LogP contribution in [0.15, 0.2) is 53.7 Å². The summed E-state index contributed by atoms with van der Waals surface area (Å²) in [5.41, 5.74) is 0. The van der Waals surface area contributed by atoms with Crippen molar-refractivity contribution in [2.75, 3.05) is 0 Å². The highest BCUT2D eigenvalue weighted by Gasteiger charge is 1.88. The van der Waals surface area contributed by atoms with Crippen molar-refractivity contribution in [2.24, 2.45) is 0 Å². The summed E-state index contributed by atoms with van der Waals surface area (Å²) in [5, 5.41) is 2.96. The van der Waals surface area contributed by atoms with Crippen LogP contribution >= 0.6 is 11.8 Å². The van der Waals surface area contributed by atoms with Gasteiger partial charge < -0.3 is 0 Å². The Hall–Kier alpha value is -1.79. The van der Waals surface area contributed by atoms with Gasteiger partial charge in [0, 0.05) is 17.3 Å². The summed E-state index contributed by atoms with van der Waals surface area (Å²) in [5.74, 6) is 3.44. The van der Waals surface area contributed by atoms with Crippen molar-refractivity contribution in [2.45, 2.75) is 4.90 Å². The van der Waals surface area contributed by atoms with Gasteiger partial charge in [0.15, 0.2) is 0 Å². The van der Waals surface area contributed by atoms with Gasteiger partial charge in [0.1, 0.15) is 0 Å². The van der Waals surface area contributed by atoms with Gasteiger partial charge in [-0.1, -0.05) is 18.2 Å². The van der Waals surface area contributed by atoms with Crippen LogP contribution in [0, 0.1) is 11.2 Å². The first kappa shape index (κ1) is 9.75. The monoisotopic (exact) mass is 212 g/mol. The fraction of sp³-hybridized carbons (Fsp3) is 0. The molecule has 0 amide bonds. The Morgan fingerprint density at radius 3 is 2.40 bits per heavy atom. The normalized spacial score (nSPS) is 9.07. The topological polar surface area (TPSA) is 25.8 Å². The standard InChI is InChI=1S/C12H8N2S/c1-2-5-11(6-3-1)15-10-7-12-13-8-4-9-14-12/h1-6,8-9H. The molecule has 0 atom stereocenters. The Morgan fingerprint density at radius 1 is 0.933 bits per heavy atom. The fourth-order valence-electron chi connectivity index (χ4n) is 0.982. The number of aromatic nitrogens is 2. The zero-order valence-corrected chi connectivity index (χ0v) is 8.74. The highest BCUT2D eigenvalue weighted by molar-refractivity contribution is 8.03. The molecule has 15 heavy (non-hydrogen) atoms. The van der Waals surface area contributed by atoms with Gasteiger partial charge in [-0.2, -0.15) is 0 Å². The average Bonchev–Trinajstić information content (AvgIpc) is 2.32. The van der Waals surface area contributed by atoms with Crippen molar-refractivity contribution in [3.05, 3.63) is 54.6 Å². The van der Waals surface area contributed by atoms with E-state index in [0.29, 0.717) is 5.82 Å². The van der Waals surface area contributed by atoms with E-state index in [0.717, 1.165) is 4.90 Å². The van der Waals surface area contributed by atoms with Crippen molar-refractivity contribution >= 4 is 11.8 Å². The third-order valence-corrected chi connectivity index (χ3v) is 2.35. The molecule has 0 aliphatic carbocycles. The van der Waals surface area contributed by atoms with Gasteiger partial charge in [-0.25, -0.2) is 9.97 Å². The molecule has 0 bridgehead atoms. The average molecular weight is 212 g/mol. The summed E-state index contributed by atoms with van der Waals surface area (Å²) < 4.78 is 0. The molecule has 2 aromatic rings. The predicted octanol–water partition coefficient (Wildman–Crippen LogP) is 2.58. The van der Waals surface area contributed by atoms with Crippen LogP contribution in [0.2, 0.25) is 0 Å². The fourth-order valence-corrected chi connectivity index (χ4v) is 1.54. The second-order valence-electron chi connectivity index (χ2n) is 2.71. The Balaban J connectivity index is 2.03. The molecule has 0 saturated carbocycles. The first-order valence-corrected chi connectivity index (χ1v) is 5.27. The molecule has 0 fully saturated rings. The quantitative estimate of drug-likeness (QED) is 0.536. The van der Waals surface area contributed by atoms with E-state index in [1.807, 2.05) is 30.3 Å². The van der Waals surface area contributed by atoms with Crippen LogP contribution in [0.1, 0.15) is 5.82 Å². The molecule has 2 nitrogen and oxygen atoms in total. The zero-order valence-electron chi connectivity index (χ0n) is 7.92. The zero-order chi connectivity index (χ0) is 10.3. The molecule has 3 heteroatoms. The maximum atomic E-state index is 4.01. The SMILES string of the molecule is C(#Cc1ncccn1)Sc1ccccc1. The van der Waals surface area contributed by atoms with Crippen LogP contribution in [0.4, 0.5) is 0 Å². The maximum Gasteiger partial charge on any atom is 0.205 e. The molecule has 1 heterocycles. The van der Waals surface area contributed by atoms with Crippen LogP contribution in [-0.4, -0.2) is 9.97 Å². The molecular formula is C12H8N2S. The van der Waals surface area contributed by atoms with E-state index in [2.05, 4.69) is 21.1 Å². The van der Waals surface area contributed by atoms with Gasteiger partial charge in [0.2, 0.25) is 5.82 Å². The van der Waals surface area contributed by atoms with Gasteiger partial charge in [-0.3, -0.25) is 0 Å². The van der Waals surface area contributed by atoms with E-state index in [1.165, 1.54) is 11.8 Å². The molecule has 0 radical (unpaired) electrons. The van der Waals surface area contributed by atoms with Crippen LogP contribution < -0.4 is 0 Å². The van der Waals surface area contributed by atoms with Crippen LogP contribution in [-0.2, 0) is 0 Å². The Labute approximate surface area is 92.8 Å². The minimum absolute atomic E-state index is 0.556. The van der Waals surface area contributed by atoms with Crippen molar-refractivity contribution in [1.29, 1.82) is 0 Å². The number of hydrogen-bond acceptors (Lipinski definition) is 3. The maximum absolute atomic E-state index is 4.01. The van der Waals surface area contributed by atoms with E-state index in [9.17, 15) is 0 Å². The number of rotatable bonds is 1. The molecule has 0 spiro atoms. The molecule has 72 valence electrons. The molecule has 0 N–H and O–H groups in total. The summed E-state index contributed by atoms with van der Waals surface area (Å²) >= 11 is 1.47. The van der Waals surface area contributed by atoms with E-state index in [1.54, 1.807) is 18.5 Å². The lowest BCUT2D eigenvalue weighted by atomic mass is 10.4. The third kappa shape index (κ3) is 3.12. The lowest BCUT2D eigenvalue weighted by Crippen LogP contribution is -1.83. The Morgan fingerprint density at radius 2 is 1.67 bits per heavy atom. The molecule has 0 aliphatic rings. The molecule has 0 saturated heterocycles. The number of thioether (sulfide) groups is 1. The smallest absolute Gasteiger partial charge is 0.205 e. The van der Waals surface area contributed by atoms with E-state index in [4.69, 9.17) is 0 Å². The summed E-state index contributed by atoms with van der Waals surface area (Å²) in [4.78, 5) is 9.15. The van der Waals surface area contributed by atoms with Crippen molar-refractivity contribution in [3.8, 4) is 11.2 Å². The van der Waals surface area contributed by atoms with Gasteiger partial charge >= 0.3 is 0 Å². The highest BCUT2D eigenvalue weighted by atomic mass is 32.2. The largest absolute Gasteiger partial charge is 0.229 e. The van der Waals surface area contributed by atoms with Crippen LogP contribution in [0.5, 0.6) is 0 Å². The summed E-state index contributed by atoms with van der Waals surface area (Å²) in [6.07, 6.45) is 3.37.